The van der Waals surface area contributed by atoms with Crippen LogP contribution < -0.4 is 16.0 Å². The van der Waals surface area contributed by atoms with Crippen molar-refractivity contribution in [3.8, 4) is 11.8 Å². The van der Waals surface area contributed by atoms with Crippen LogP contribution >= 0.6 is 0 Å². The van der Waals surface area contributed by atoms with E-state index in [9.17, 15) is 5.11 Å². The highest BCUT2D eigenvalue weighted by Gasteiger charge is 2.49. The summed E-state index contributed by atoms with van der Waals surface area (Å²) in [6, 6.07) is 5.99. The molecule has 0 spiro atoms. The molecule has 138 valence electrons. The Balaban J connectivity index is 1.48. The first-order valence-electron chi connectivity index (χ1n) is 9.42. The Morgan fingerprint density at radius 2 is 2.22 bits per heavy atom. The van der Waals surface area contributed by atoms with Crippen LogP contribution in [0.25, 0.3) is 0 Å². The van der Waals surface area contributed by atoms with Gasteiger partial charge in [0.05, 0.1) is 11.4 Å². The number of nitrogen functional groups attached to an aromatic ring is 1. The lowest BCUT2D eigenvalue weighted by Gasteiger charge is -2.26. The van der Waals surface area contributed by atoms with Crippen molar-refractivity contribution in [1.82, 2.24) is 15.0 Å². The van der Waals surface area contributed by atoms with Crippen LogP contribution in [0.1, 0.15) is 38.2 Å². The number of hydrogen-bond donors (Lipinski definition) is 3. The van der Waals surface area contributed by atoms with Gasteiger partial charge in [0, 0.05) is 5.56 Å². The van der Waals surface area contributed by atoms with E-state index in [-0.39, 0.29) is 12.1 Å². The molecule has 0 amide bonds. The van der Waals surface area contributed by atoms with Gasteiger partial charge >= 0.3 is 0 Å². The molecule has 1 aromatic carbocycles. The second kappa shape index (κ2) is 5.83. The van der Waals surface area contributed by atoms with Crippen LogP contribution in [0.2, 0.25) is 0 Å². The average molecular weight is 362 g/mol. The summed E-state index contributed by atoms with van der Waals surface area (Å²) in [6.07, 6.45) is 5.66. The molecule has 2 saturated carbocycles. The molecular weight excluding hydrogens is 340 g/mol. The van der Waals surface area contributed by atoms with E-state index in [1.165, 1.54) is 12.7 Å². The van der Waals surface area contributed by atoms with E-state index in [2.05, 4.69) is 32.1 Å². The fourth-order valence-corrected chi connectivity index (χ4v) is 4.76. The summed E-state index contributed by atoms with van der Waals surface area (Å²) in [7, 11) is 0. The first-order chi connectivity index (χ1) is 13.0. The molecule has 3 aliphatic rings. The summed E-state index contributed by atoms with van der Waals surface area (Å²) in [5, 5.41) is 14.3. The smallest absolute Gasteiger partial charge is 0.236 e. The quantitative estimate of drug-likeness (QED) is 0.669. The molecule has 1 aromatic heterocycles. The molecule has 2 heterocycles. The van der Waals surface area contributed by atoms with E-state index in [1.807, 2.05) is 30.0 Å². The number of nitrogens with zero attached hydrogens (tertiary/aromatic N) is 4. The molecule has 4 N–H and O–H groups in total. The Morgan fingerprint density at radius 1 is 1.33 bits per heavy atom. The topological polar surface area (TPSA) is 100 Å². The largest absolute Gasteiger partial charge is 0.377 e. The maximum Gasteiger partial charge on any atom is 0.236 e. The molecule has 7 nitrogen and oxygen atoms in total. The van der Waals surface area contributed by atoms with Crippen LogP contribution in [0, 0.1) is 23.7 Å². The zero-order chi connectivity index (χ0) is 18.6. The molecule has 2 aromatic rings. The first-order valence-corrected chi connectivity index (χ1v) is 9.42. The summed E-state index contributed by atoms with van der Waals surface area (Å²) in [4.78, 5) is 14.3. The molecule has 4 unspecified atom stereocenters. The zero-order valence-electron chi connectivity index (χ0n) is 15.2. The van der Waals surface area contributed by atoms with Crippen molar-refractivity contribution >= 4 is 23.3 Å². The van der Waals surface area contributed by atoms with Crippen LogP contribution in [-0.4, -0.2) is 31.8 Å². The van der Waals surface area contributed by atoms with Crippen molar-refractivity contribution in [2.45, 2.75) is 44.4 Å². The fourth-order valence-electron chi connectivity index (χ4n) is 4.76. The minimum absolute atomic E-state index is 0.0141. The highest BCUT2D eigenvalue weighted by Crippen LogP contribution is 2.50. The number of nitrogens with one attached hydrogen (secondary N) is 1. The third-order valence-corrected chi connectivity index (χ3v) is 6.04. The van der Waals surface area contributed by atoms with E-state index >= 15 is 0 Å². The molecule has 2 bridgehead atoms. The summed E-state index contributed by atoms with van der Waals surface area (Å²) in [5.41, 5.74) is 7.70. The lowest BCUT2D eigenvalue weighted by molar-refractivity contribution is 0.0438. The monoisotopic (exact) mass is 362 g/mol. The van der Waals surface area contributed by atoms with Gasteiger partial charge in [-0.2, -0.15) is 4.98 Å². The number of benzene rings is 1. The number of aromatic nitrogens is 3. The molecule has 2 fully saturated rings. The molecule has 0 saturated heterocycles. The van der Waals surface area contributed by atoms with E-state index in [0.29, 0.717) is 17.8 Å². The van der Waals surface area contributed by atoms with Gasteiger partial charge in [0.25, 0.3) is 0 Å². The highest BCUT2D eigenvalue weighted by atomic mass is 16.3. The Labute approximate surface area is 158 Å². The summed E-state index contributed by atoms with van der Waals surface area (Å²) >= 11 is 0. The number of aliphatic hydroxyl groups is 1. The van der Waals surface area contributed by atoms with Crippen LogP contribution in [0.15, 0.2) is 24.5 Å². The predicted octanol–water partition coefficient (Wildman–Crippen LogP) is 2.27. The second-order valence-corrected chi connectivity index (χ2v) is 7.82. The van der Waals surface area contributed by atoms with Crippen molar-refractivity contribution in [2.75, 3.05) is 16.0 Å². The summed E-state index contributed by atoms with van der Waals surface area (Å²) in [6.45, 7) is 2.03. The number of hydrogen-bond acceptors (Lipinski definition) is 7. The number of anilines is 4. The summed E-state index contributed by atoms with van der Waals surface area (Å²) < 4.78 is 0. The fraction of sp³-hybridized carbons (Fsp3) is 0.450. The highest BCUT2D eigenvalue weighted by molar-refractivity contribution is 5.81. The third kappa shape index (κ3) is 2.68. The van der Waals surface area contributed by atoms with Crippen molar-refractivity contribution in [2.24, 2.45) is 11.8 Å². The van der Waals surface area contributed by atoms with Crippen molar-refractivity contribution < 1.29 is 5.11 Å². The van der Waals surface area contributed by atoms with Crippen LogP contribution in [0.3, 0.4) is 0 Å². The molecule has 1 aliphatic heterocycles. The van der Waals surface area contributed by atoms with Gasteiger partial charge in [0.1, 0.15) is 18.1 Å². The van der Waals surface area contributed by atoms with Crippen molar-refractivity contribution in [3.63, 3.8) is 0 Å². The summed E-state index contributed by atoms with van der Waals surface area (Å²) in [5.74, 6) is 8.05. The SMILES string of the molecule is CC1Nc2ccc(C#CC3(O)CC4CCC3C4)cc2N1c1ncnc(N)n1. The molecule has 7 heteroatoms. The number of fused-ring (bicyclic) bond motifs is 3. The van der Waals surface area contributed by atoms with Gasteiger partial charge in [-0.3, -0.25) is 4.90 Å². The molecule has 4 atom stereocenters. The first kappa shape index (κ1) is 16.3. The standard InChI is InChI=1S/C20H22N6O/c1-12-24-16-5-3-13(6-7-20(27)10-14-2-4-15(20)8-14)9-17(16)26(12)19-23-11-22-18(21)25-19/h3,5,9,11-12,14-15,24,27H,2,4,8,10H2,1H3,(H2,21,22,23,25). The second-order valence-electron chi connectivity index (χ2n) is 7.82. The molecule has 27 heavy (non-hydrogen) atoms. The van der Waals surface area contributed by atoms with Crippen LogP contribution in [0.4, 0.5) is 23.3 Å². The third-order valence-electron chi connectivity index (χ3n) is 6.04. The average Bonchev–Trinajstić information content (AvgIpc) is 3.31. The van der Waals surface area contributed by atoms with Crippen molar-refractivity contribution in [1.29, 1.82) is 0 Å². The van der Waals surface area contributed by atoms with Crippen molar-refractivity contribution in [3.05, 3.63) is 30.1 Å². The lowest BCUT2D eigenvalue weighted by Crippen LogP contribution is -2.33. The zero-order valence-corrected chi connectivity index (χ0v) is 15.2. The Hall–Kier alpha value is -2.85. The van der Waals surface area contributed by atoms with Crippen LogP contribution in [0.5, 0.6) is 0 Å². The lowest BCUT2D eigenvalue weighted by atomic mass is 9.84. The van der Waals surface area contributed by atoms with Gasteiger partial charge in [-0.05, 0) is 62.6 Å². The van der Waals surface area contributed by atoms with Gasteiger partial charge < -0.3 is 16.2 Å². The van der Waals surface area contributed by atoms with Gasteiger partial charge in [-0.1, -0.05) is 11.8 Å². The predicted molar refractivity (Wildman–Crippen MR) is 103 cm³/mol. The van der Waals surface area contributed by atoms with E-state index < -0.39 is 5.60 Å². The van der Waals surface area contributed by atoms with E-state index in [1.54, 1.807) is 0 Å². The van der Waals surface area contributed by atoms with Crippen LogP contribution in [-0.2, 0) is 0 Å². The Morgan fingerprint density at radius 3 is 2.96 bits per heavy atom. The molecular formula is C20H22N6O. The molecule has 5 rings (SSSR count). The van der Waals surface area contributed by atoms with Gasteiger partial charge in [0.2, 0.25) is 11.9 Å². The van der Waals surface area contributed by atoms with Gasteiger partial charge in [-0.25, -0.2) is 9.97 Å². The van der Waals surface area contributed by atoms with E-state index in [0.717, 1.165) is 36.2 Å². The number of rotatable bonds is 1. The van der Waals surface area contributed by atoms with E-state index in [4.69, 9.17) is 5.73 Å². The maximum absolute atomic E-state index is 10.9. The molecule has 0 radical (unpaired) electrons. The minimum atomic E-state index is -0.824. The van der Waals surface area contributed by atoms with Gasteiger partial charge in [0.15, 0.2) is 0 Å². The Bertz CT molecular complexity index is 966. The normalized spacial score (nSPS) is 30.6. The minimum Gasteiger partial charge on any atom is -0.377 e. The molecule has 2 aliphatic carbocycles. The number of nitrogens with two attached hydrogens (primary N) is 1. The van der Waals surface area contributed by atoms with Gasteiger partial charge in [-0.15, -0.1) is 0 Å². The Kier molecular flexibility index (Phi) is 3.52. The maximum atomic E-state index is 10.9.